The van der Waals surface area contributed by atoms with Crippen LogP contribution in [-0.2, 0) is 13.0 Å². The maximum Gasteiger partial charge on any atom is 0.166 e. The van der Waals surface area contributed by atoms with Crippen molar-refractivity contribution in [1.29, 1.82) is 5.26 Å². The lowest BCUT2D eigenvalue weighted by Gasteiger charge is -2.12. The summed E-state index contributed by atoms with van der Waals surface area (Å²) in [6, 6.07) is 2.14. The first-order valence-electron chi connectivity index (χ1n) is 6.31. The number of ketones is 1. The van der Waals surface area contributed by atoms with Crippen molar-refractivity contribution in [3.63, 3.8) is 0 Å². The van der Waals surface area contributed by atoms with Crippen LogP contribution < -0.4 is 0 Å². The molecule has 0 saturated heterocycles. The third-order valence-electron chi connectivity index (χ3n) is 3.58. The average Bonchev–Trinajstić information content (AvgIpc) is 3.10. The number of rotatable bonds is 3. The van der Waals surface area contributed by atoms with Crippen molar-refractivity contribution in [2.75, 3.05) is 0 Å². The zero-order valence-electron chi connectivity index (χ0n) is 9.78. The van der Waals surface area contributed by atoms with Gasteiger partial charge in [0.25, 0.3) is 0 Å². The highest BCUT2D eigenvalue weighted by molar-refractivity contribution is 5.99. The Bertz CT molecular complexity index is 505. The molecule has 1 aromatic rings. The SMILES string of the molecule is N#CCCn1nc(C2CC2)c2c1CCCC2=O. The monoisotopic (exact) mass is 229 g/mol. The highest BCUT2D eigenvalue weighted by Gasteiger charge is 2.35. The molecule has 88 valence electrons. The molecule has 0 bridgehead atoms. The number of hydrogen-bond acceptors (Lipinski definition) is 3. The summed E-state index contributed by atoms with van der Waals surface area (Å²) in [6.45, 7) is 0.624. The molecule has 0 aromatic carbocycles. The van der Waals surface area contributed by atoms with Crippen LogP contribution in [0.15, 0.2) is 0 Å². The highest BCUT2D eigenvalue weighted by Crippen LogP contribution is 2.43. The Morgan fingerprint density at radius 3 is 2.94 bits per heavy atom. The molecule has 4 heteroatoms. The predicted octanol–water partition coefficient (Wildman–Crippen LogP) is 2.19. The number of hydrogen-bond donors (Lipinski definition) is 0. The molecule has 0 unspecified atom stereocenters. The number of nitriles is 1. The predicted molar refractivity (Wildman–Crippen MR) is 61.7 cm³/mol. The van der Waals surface area contributed by atoms with Gasteiger partial charge in [0.1, 0.15) is 0 Å². The summed E-state index contributed by atoms with van der Waals surface area (Å²) in [7, 11) is 0. The van der Waals surface area contributed by atoms with Gasteiger partial charge in [0.05, 0.1) is 30.3 Å². The number of carbonyl (C=O) groups excluding carboxylic acids is 1. The second-order valence-corrected chi connectivity index (χ2v) is 4.89. The van der Waals surface area contributed by atoms with Crippen molar-refractivity contribution in [2.45, 2.75) is 51.0 Å². The molecular weight excluding hydrogens is 214 g/mol. The third-order valence-corrected chi connectivity index (χ3v) is 3.58. The van der Waals surface area contributed by atoms with E-state index in [4.69, 9.17) is 5.26 Å². The molecule has 17 heavy (non-hydrogen) atoms. The van der Waals surface area contributed by atoms with E-state index < -0.39 is 0 Å². The fourth-order valence-corrected chi connectivity index (χ4v) is 2.60. The Balaban J connectivity index is 2.02. The number of fused-ring (bicyclic) bond motifs is 1. The summed E-state index contributed by atoms with van der Waals surface area (Å²) in [5, 5.41) is 13.2. The van der Waals surface area contributed by atoms with E-state index in [0.29, 0.717) is 25.3 Å². The van der Waals surface area contributed by atoms with Crippen LogP contribution in [0.3, 0.4) is 0 Å². The fraction of sp³-hybridized carbons (Fsp3) is 0.615. The minimum Gasteiger partial charge on any atom is -0.294 e. The number of nitrogens with zero attached hydrogens (tertiary/aromatic N) is 3. The molecule has 4 nitrogen and oxygen atoms in total. The quantitative estimate of drug-likeness (QED) is 0.798. The van der Waals surface area contributed by atoms with Crippen LogP contribution in [0.25, 0.3) is 0 Å². The minimum atomic E-state index is 0.261. The molecule has 1 saturated carbocycles. The molecule has 1 heterocycles. The number of carbonyl (C=O) groups is 1. The van der Waals surface area contributed by atoms with Crippen molar-refractivity contribution in [1.82, 2.24) is 9.78 Å². The molecule has 1 fully saturated rings. The molecular formula is C13H15N3O. The largest absolute Gasteiger partial charge is 0.294 e. The molecule has 0 N–H and O–H groups in total. The van der Waals surface area contributed by atoms with E-state index in [9.17, 15) is 4.79 Å². The van der Waals surface area contributed by atoms with Crippen LogP contribution in [0.4, 0.5) is 0 Å². The van der Waals surface area contributed by atoms with Gasteiger partial charge in [0, 0.05) is 18.0 Å². The van der Waals surface area contributed by atoms with E-state index in [1.807, 2.05) is 4.68 Å². The standard InChI is InChI=1S/C13H15N3O/c14-7-2-8-16-10-3-1-4-11(17)12(10)13(15-16)9-5-6-9/h9H,1-6,8H2. The lowest BCUT2D eigenvalue weighted by molar-refractivity contribution is 0.0971. The summed E-state index contributed by atoms with van der Waals surface area (Å²) in [4.78, 5) is 12.0. The van der Waals surface area contributed by atoms with E-state index in [2.05, 4.69) is 11.2 Å². The van der Waals surface area contributed by atoms with E-state index >= 15 is 0 Å². The van der Waals surface area contributed by atoms with Gasteiger partial charge in [-0.15, -0.1) is 0 Å². The smallest absolute Gasteiger partial charge is 0.166 e. The van der Waals surface area contributed by atoms with Gasteiger partial charge < -0.3 is 0 Å². The summed E-state index contributed by atoms with van der Waals surface area (Å²) >= 11 is 0. The first kappa shape index (κ1) is 10.5. The van der Waals surface area contributed by atoms with E-state index in [-0.39, 0.29) is 5.78 Å². The highest BCUT2D eigenvalue weighted by atomic mass is 16.1. The van der Waals surface area contributed by atoms with Gasteiger partial charge in [-0.1, -0.05) is 0 Å². The summed E-state index contributed by atoms with van der Waals surface area (Å²) in [5.74, 6) is 0.769. The lowest BCUT2D eigenvalue weighted by atomic mass is 9.93. The van der Waals surface area contributed by atoms with Gasteiger partial charge in [-0.05, 0) is 25.7 Å². The molecule has 0 amide bonds. The summed E-state index contributed by atoms with van der Waals surface area (Å²) < 4.78 is 1.91. The van der Waals surface area contributed by atoms with Gasteiger partial charge in [-0.25, -0.2) is 0 Å². The van der Waals surface area contributed by atoms with Crippen LogP contribution in [0.2, 0.25) is 0 Å². The molecule has 0 spiro atoms. The van der Waals surface area contributed by atoms with E-state index in [1.165, 1.54) is 0 Å². The summed E-state index contributed by atoms with van der Waals surface area (Å²) in [6.07, 6.45) is 5.31. The normalized spacial score (nSPS) is 18.9. The van der Waals surface area contributed by atoms with Gasteiger partial charge in [0.15, 0.2) is 5.78 Å². The number of aryl methyl sites for hydroxylation is 1. The Kier molecular flexibility index (Phi) is 2.47. The molecule has 2 aliphatic rings. The van der Waals surface area contributed by atoms with Gasteiger partial charge in [0.2, 0.25) is 0 Å². The molecule has 0 aliphatic heterocycles. The lowest BCUT2D eigenvalue weighted by Crippen LogP contribution is -2.14. The third kappa shape index (κ3) is 1.76. The van der Waals surface area contributed by atoms with Gasteiger partial charge in [-0.3, -0.25) is 9.48 Å². The Labute approximate surface area is 100 Å². The van der Waals surface area contributed by atoms with Gasteiger partial charge in [-0.2, -0.15) is 10.4 Å². The molecule has 0 radical (unpaired) electrons. The maximum absolute atomic E-state index is 12.0. The first-order valence-corrected chi connectivity index (χ1v) is 6.31. The van der Waals surface area contributed by atoms with Crippen LogP contribution >= 0.6 is 0 Å². The van der Waals surface area contributed by atoms with Crippen molar-refractivity contribution in [2.24, 2.45) is 0 Å². The van der Waals surface area contributed by atoms with E-state index in [0.717, 1.165) is 42.6 Å². The second-order valence-electron chi connectivity index (χ2n) is 4.89. The van der Waals surface area contributed by atoms with Crippen LogP contribution in [0.1, 0.15) is 59.8 Å². The zero-order chi connectivity index (χ0) is 11.8. The number of aromatic nitrogens is 2. The van der Waals surface area contributed by atoms with Crippen LogP contribution in [0, 0.1) is 11.3 Å². The zero-order valence-corrected chi connectivity index (χ0v) is 9.78. The van der Waals surface area contributed by atoms with E-state index in [1.54, 1.807) is 0 Å². The van der Waals surface area contributed by atoms with Crippen molar-refractivity contribution in [3.8, 4) is 6.07 Å². The Morgan fingerprint density at radius 1 is 1.41 bits per heavy atom. The molecule has 0 atom stereocenters. The van der Waals surface area contributed by atoms with Crippen molar-refractivity contribution < 1.29 is 4.79 Å². The Morgan fingerprint density at radius 2 is 2.24 bits per heavy atom. The Hall–Kier alpha value is -1.63. The average molecular weight is 229 g/mol. The maximum atomic E-state index is 12.0. The van der Waals surface area contributed by atoms with Crippen LogP contribution in [0.5, 0.6) is 0 Å². The molecule has 3 rings (SSSR count). The number of Topliss-reactive ketones (excluding diaryl/α,β-unsaturated/α-hetero) is 1. The minimum absolute atomic E-state index is 0.261. The van der Waals surface area contributed by atoms with Crippen LogP contribution in [-0.4, -0.2) is 15.6 Å². The van der Waals surface area contributed by atoms with Crippen molar-refractivity contribution >= 4 is 5.78 Å². The van der Waals surface area contributed by atoms with Crippen molar-refractivity contribution in [3.05, 3.63) is 17.0 Å². The molecule has 1 aromatic heterocycles. The van der Waals surface area contributed by atoms with Gasteiger partial charge >= 0.3 is 0 Å². The first-order chi connectivity index (χ1) is 8.31. The molecule has 2 aliphatic carbocycles. The fourth-order valence-electron chi connectivity index (χ4n) is 2.60. The topological polar surface area (TPSA) is 58.7 Å². The summed E-state index contributed by atoms with van der Waals surface area (Å²) in [5.41, 5.74) is 3.00. The second kappa shape index (κ2) is 3.99.